The van der Waals surface area contributed by atoms with Crippen molar-refractivity contribution in [2.45, 2.75) is 6.92 Å². The van der Waals surface area contributed by atoms with Crippen molar-refractivity contribution >= 4 is 33.4 Å². The highest BCUT2D eigenvalue weighted by Gasteiger charge is 2.33. The van der Waals surface area contributed by atoms with Crippen LogP contribution in [0.15, 0.2) is 22.7 Å². The standard InChI is InChI=1S/C12H13BrClNO2/c1-12(6-17-7-12)5-15-11(16)8-2-3-9(13)10(14)4-8/h2-4H,5-7H2,1H3,(H,15,16). The molecule has 2 rings (SSSR count). The molecule has 1 saturated heterocycles. The molecule has 5 heteroatoms. The normalized spacial score (nSPS) is 17.4. The first-order chi connectivity index (χ1) is 8.00. The molecule has 1 aromatic rings. The summed E-state index contributed by atoms with van der Waals surface area (Å²) in [6, 6.07) is 5.16. The fraction of sp³-hybridized carbons (Fsp3) is 0.417. The van der Waals surface area contributed by atoms with E-state index in [2.05, 4.69) is 28.2 Å². The Morgan fingerprint density at radius 3 is 2.82 bits per heavy atom. The lowest BCUT2D eigenvalue weighted by Crippen LogP contribution is -2.48. The second-order valence-corrected chi connectivity index (χ2v) is 5.88. The number of hydrogen-bond donors (Lipinski definition) is 1. The van der Waals surface area contributed by atoms with Crippen molar-refractivity contribution in [2.75, 3.05) is 19.8 Å². The number of halogens is 2. The molecule has 1 aromatic carbocycles. The summed E-state index contributed by atoms with van der Waals surface area (Å²) in [6.07, 6.45) is 0. The quantitative estimate of drug-likeness (QED) is 0.930. The van der Waals surface area contributed by atoms with Crippen LogP contribution in [0.3, 0.4) is 0 Å². The first kappa shape index (κ1) is 12.9. The SMILES string of the molecule is CC1(CNC(=O)c2ccc(Br)c(Cl)c2)COC1. The van der Waals surface area contributed by atoms with Crippen LogP contribution in [0.1, 0.15) is 17.3 Å². The number of carbonyl (C=O) groups excluding carboxylic acids is 1. The summed E-state index contributed by atoms with van der Waals surface area (Å²) in [7, 11) is 0. The number of nitrogens with one attached hydrogen (secondary N) is 1. The molecule has 3 nitrogen and oxygen atoms in total. The summed E-state index contributed by atoms with van der Waals surface area (Å²) in [5.41, 5.74) is 0.650. The lowest BCUT2D eigenvalue weighted by atomic mass is 9.89. The van der Waals surface area contributed by atoms with Gasteiger partial charge in [0.2, 0.25) is 0 Å². The third kappa shape index (κ3) is 3.00. The van der Waals surface area contributed by atoms with Gasteiger partial charge in [0.15, 0.2) is 0 Å². The van der Waals surface area contributed by atoms with E-state index in [4.69, 9.17) is 16.3 Å². The highest BCUT2D eigenvalue weighted by molar-refractivity contribution is 9.10. The Morgan fingerprint density at radius 1 is 1.59 bits per heavy atom. The molecule has 0 spiro atoms. The minimum absolute atomic E-state index is 0.0782. The molecule has 1 fully saturated rings. The van der Waals surface area contributed by atoms with Gasteiger partial charge in [-0.2, -0.15) is 0 Å². The molecule has 1 heterocycles. The van der Waals surface area contributed by atoms with E-state index < -0.39 is 0 Å². The van der Waals surface area contributed by atoms with E-state index in [1.165, 1.54) is 0 Å². The molecule has 1 amide bonds. The fourth-order valence-electron chi connectivity index (χ4n) is 1.59. The maximum atomic E-state index is 11.9. The Labute approximate surface area is 114 Å². The van der Waals surface area contributed by atoms with Gasteiger partial charge < -0.3 is 10.1 Å². The van der Waals surface area contributed by atoms with E-state index in [-0.39, 0.29) is 11.3 Å². The van der Waals surface area contributed by atoms with Gasteiger partial charge in [-0.3, -0.25) is 4.79 Å². The summed E-state index contributed by atoms with van der Waals surface area (Å²) in [5.74, 6) is -0.104. The molecule has 0 aromatic heterocycles. The zero-order valence-electron chi connectivity index (χ0n) is 9.43. The van der Waals surface area contributed by atoms with Gasteiger partial charge in [-0.1, -0.05) is 18.5 Å². The van der Waals surface area contributed by atoms with Crippen LogP contribution in [0, 0.1) is 5.41 Å². The van der Waals surface area contributed by atoms with Crippen molar-refractivity contribution in [3.05, 3.63) is 33.3 Å². The molecule has 0 aliphatic carbocycles. The van der Waals surface area contributed by atoms with Crippen molar-refractivity contribution in [2.24, 2.45) is 5.41 Å². The molecular formula is C12H13BrClNO2. The van der Waals surface area contributed by atoms with E-state index >= 15 is 0 Å². The molecule has 1 N–H and O–H groups in total. The predicted octanol–water partition coefficient (Wildman–Crippen LogP) is 2.87. The lowest BCUT2D eigenvalue weighted by molar-refractivity contribution is -0.0978. The zero-order valence-corrected chi connectivity index (χ0v) is 11.8. The summed E-state index contributed by atoms with van der Waals surface area (Å²) >= 11 is 9.23. The van der Waals surface area contributed by atoms with Gasteiger partial charge in [-0.15, -0.1) is 0 Å². The Balaban J connectivity index is 1.97. The summed E-state index contributed by atoms with van der Waals surface area (Å²) in [4.78, 5) is 11.9. The third-order valence-electron chi connectivity index (χ3n) is 2.76. The fourth-order valence-corrected chi connectivity index (χ4v) is 2.01. The van der Waals surface area contributed by atoms with Gasteiger partial charge >= 0.3 is 0 Å². The van der Waals surface area contributed by atoms with Gasteiger partial charge in [0, 0.05) is 22.0 Å². The zero-order chi connectivity index (χ0) is 12.5. The second kappa shape index (κ2) is 4.96. The van der Waals surface area contributed by atoms with Crippen LogP contribution >= 0.6 is 27.5 Å². The minimum atomic E-state index is -0.104. The van der Waals surface area contributed by atoms with E-state index in [0.717, 1.165) is 4.47 Å². The molecule has 0 saturated carbocycles. The molecule has 0 bridgehead atoms. The average molecular weight is 319 g/mol. The molecule has 0 atom stereocenters. The number of hydrogen-bond acceptors (Lipinski definition) is 2. The number of benzene rings is 1. The number of carbonyl (C=O) groups is 1. The molecule has 1 aliphatic heterocycles. The molecule has 1 aliphatic rings. The monoisotopic (exact) mass is 317 g/mol. The molecule has 92 valence electrons. The topological polar surface area (TPSA) is 38.3 Å². The smallest absolute Gasteiger partial charge is 0.251 e. The number of ether oxygens (including phenoxy) is 1. The summed E-state index contributed by atoms with van der Waals surface area (Å²) in [5, 5.41) is 3.43. The lowest BCUT2D eigenvalue weighted by Gasteiger charge is -2.38. The first-order valence-electron chi connectivity index (χ1n) is 5.31. The van der Waals surface area contributed by atoms with E-state index in [1.807, 2.05) is 0 Å². The maximum absolute atomic E-state index is 11.9. The second-order valence-electron chi connectivity index (χ2n) is 4.62. The minimum Gasteiger partial charge on any atom is -0.380 e. The van der Waals surface area contributed by atoms with Crippen molar-refractivity contribution < 1.29 is 9.53 Å². The molecular weight excluding hydrogens is 305 g/mol. The van der Waals surface area contributed by atoms with Crippen LogP contribution in [0.25, 0.3) is 0 Å². The van der Waals surface area contributed by atoms with Crippen LogP contribution in [0.4, 0.5) is 0 Å². The van der Waals surface area contributed by atoms with Crippen molar-refractivity contribution in [1.82, 2.24) is 5.32 Å². The molecule has 0 radical (unpaired) electrons. The predicted molar refractivity (Wildman–Crippen MR) is 70.4 cm³/mol. The number of amides is 1. The molecule has 17 heavy (non-hydrogen) atoms. The summed E-state index contributed by atoms with van der Waals surface area (Å²) < 4.78 is 5.92. The largest absolute Gasteiger partial charge is 0.380 e. The van der Waals surface area contributed by atoms with E-state index in [9.17, 15) is 4.79 Å². The van der Waals surface area contributed by atoms with Crippen LogP contribution in [0.5, 0.6) is 0 Å². The van der Waals surface area contributed by atoms with Crippen LogP contribution in [-0.4, -0.2) is 25.7 Å². The highest BCUT2D eigenvalue weighted by Crippen LogP contribution is 2.26. The maximum Gasteiger partial charge on any atom is 0.251 e. The van der Waals surface area contributed by atoms with Gasteiger partial charge in [0.05, 0.1) is 18.2 Å². The van der Waals surface area contributed by atoms with Gasteiger partial charge in [0.1, 0.15) is 0 Å². The van der Waals surface area contributed by atoms with Crippen molar-refractivity contribution in [1.29, 1.82) is 0 Å². The Morgan fingerprint density at radius 2 is 2.29 bits per heavy atom. The summed E-state index contributed by atoms with van der Waals surface area (Å²) in [6.45, 7) is 4.12. The highest BCUT2D eigenvalue weighted by atomic mass is 79.9. The van der Waals surface area contributed by atoms with Crippen LogP contribution < -0.4 is 5.32 Å². The van der Waals surface area contributed by atoms with Crippen molar-refractivity contribution in [3.63, 3.8) is 0 Å². The van der Waals surface area contributed by atoms with Gasteiger partial charge in [-0.05, 0) is 34.1 Å². The molecule has 0 unspecified atom stereocenters. The first-order valence-corrected chi connectivity index (χ1v) is 6.48. The third-order valence-corrected chi connectivity index (χ3v) is 3.99. The Kier molecular flexibility index (Phi) is 3.76. The number of rotatable bonds is 3. The van der Waals surface area contributed by atoms with Gasteiger partial charge in [-0.25, -0.2) is 0 Å². The van der Waals surface area contributed by atoms with E-state index in [0.29, 0.717) is 30.3 Å². The van der Waals surface area contributed by atoms with Crippen LogP contribution in [0.2, 0.25) is 5.02 Å². The average Bonchev–Trinajstić information content (AvgIpc) is 2.27. The Hall–Kier alpha value is -0.580. The van der Waals surface area contributed by atoms with E-state index in [1.54, 1.807) is 18.2 Å². The Bertz CT molecular complexity index is 446. The van der Waals surface area contributed by atoms with Gasteiger partial charge in [0.25, 0.3) is 5.91 Å². The van der Waals surface area contributed by atoms with Crippen molar-refractivity contribution in [3.8, 4) is 0 Å². The van der Waals surface area contributed by atoms with Crippen LogP contribution in [-0.2, 0) is 4.74 Å².